The number of fused-ring (bicyclic) bond motifs is 1. The maximum Gasteiger partial charge on any atom is 0.236 e. The fourth-order valence-electron chi connectivity index (χ4n) is 3.61. The van der Waals surface area contributed by atoms with Gasteiger partial charge in [-0.3, -0.25) is 9.69 Å². The number of likely N-dealkylation sites (tertiary alicyclic amines) is 1. The van der Waals surface area contributed by atoms with E-state index >= 15 is 0 Å². The van der Waals surface area contributed by atoms with E-state index in [2.05, 4.69) is 23.1 Å². The normalized spacial score (nSPS) is 16.1. The predicted molar refractivity (Wildman–Crippen MR) is 108 cm³/mol. The standard InChI is InChI=1S/C21H25N3O2S/c1-15-7-8-17(26-15)13-23(2)20(25)14-24-11-9-16(10-12-24)21-22-18-5-3-4-6-19(18)27-21/h3-8,16H,9-14H2,1-2H3. The molecule has 142 valence electrons. The lowest BCUT2D eigenvalue weighted by Gasteiger charge is -2.31. The van der Waals surface area contributed by atoms with Crippen molar-refractivity contribution in [3.05, 3.63) is 52.9 Å². The van der Waals surface area contributed by atoms with Crippen LogP contribution in [-0.2, 0) is 11.3 Å². The smallest absolute Gasteiger partial charge is 0.236 e. The molecule has 0 unspecified atom stereocenters. The number of aryl methyl sites for hydroxylation is 1. The van der Waals surface area contributed by atoms with Crippen LogP contribution in [0.2, 0.25) is 0 Å². The van der Waals surface area contributed by atoms with Crippen LogP contribution in [0.4, 0.5) is 0 Å². The van der Waals surface area contributed by atoms with Gasteiger partial charge in [-0.15, -0.1) is 11.3 Å². The van der Waals surface area contributed by atoms with Gasteiger partial charge in [0.1, 0.15) is 11.5 Å². The van der Waals surface area contributed by atoms with Gasteiger partial charge in [-0.1, -0.05) is 12.1 Å². The average Bonchev–Trinajstić information content (AvgIpc) is 3.28. The molecule has 1 amide bonds. The molecular formula is C21H25N3O2S. The second-order valence-electron chi connectivity index (χ2n) is 7.33. The van der Waals surface area contributed by atoms with Crippen LogP contribution in [0.1, 0.15) is 35.3 Å². The minimum Gasteiger partial charge on any atom is -0.464 e. The Morgan fingerprint density at radius 2 is 2.04 bits per heavy atom. The highest BCUT2D eigenvalue weighted by Crippen LogP contribution is 2.33. The molecular weight excluding hydrogens is 358 g/mol. The van der Waals surface area contributed by atoms with Gasteiger partial charge in [-0.2, -0.15) is 0 Å². The summed E-state index contributed by atoms with van der Waals surface area (Å²) in [7, 11) is 1.84. The van der Waals surface area contributed by atoms with Crippen LogP contribution in [0, 0.1) is 6.92 Å². The Kier molecular flexibility index (Phi) is 5.27. The Labute approximate surface area is 163 Å². The minimum absolute atomic E-state index is 0.141. The summed E-state index contributed by atoms with van der Waals surface area (Å²) in [6.07, 6.45) is 2.13. The van der Waals surface area contributed by atoms with E-state index < -0.39 is 0 Å². The van der Waals surface area contributed by atoms with Gasteiger partial charge in [0.15, 0.2) is 0 Å². The van der Waals surface area contributed by atoms with E-state index in [1.54, 1.807) is 4.90 Å². The van der Waals surface area contributed by atoms with Crippen LogP contribution in [-0.4, -0.2) is 47.4 Å². The van der Waals surface area contributed by atoms with Crippen molar-refractivity contribution in [1.82, 2.24) is 14.8 Å². The van der Waals surface area contributed by atoms with Crippen molar-refractivity contribution < 1.29 is 9.21 Å². The molecule has 0 saturated carbocycles. The van der Waals surface area contributed by atoms with E-state index in [0.717, 1.165) is 43.0 Å². The lowest BCUT2D eigenvalue weighted by Crippen LogP contribution is -2.41. The summed E-state index contributed by atoms with van der Waals surface area (Å²) in [5.41, 5.74) is 1.10. The fourth-order valence-corrected chi connectivity index (χ4v) is 4.74. The van der Waals surface area contributed by atoms with E-state index in [1.165, 1.54) is 9.71 Å². The highest BCUT2D eigenvalue weighted by atomic mass is 32.1. The predicted octanol–water partition coefficient (Wildman–Crippen LogP) is 4.04. The Morgan fingerprint density at radius 1 is 1.26 bits per heavy atom. The van der Waals surface area contributed by atoms with Gasteiger partial charge in [0.2, 0.25) is 5.91 Å². The second-order valence-corrected chi connectivity index (χ2v) is 8.39. The topological polar surface area (TPSA) is 49.6 Å². The molecule has 3 aromatic rings. The highest BCUT2D eigenvalue weighted by molar-refractivity contribution is 7.18. The number of para-hydroxylation sites is 1. The summed E-state index contributed by atoms with van der Waals surface area (Å²) in [4.78, 5) is 21.3. The van der Waals surface area contributed by atoms with Crippen molar-refractivity contribution in [2.45, 2.75) is 32.2 Å². The molecule has 27 heavy (non-hydrogen) atoms. The van der Waals surface area contributed by atoms with E-state index in [1.807, 2.05) is 43.5 Å². The number of rotatable bonds is 5. The molecule has 5 nitrogen and oxygen atoms in total. The van der Waals surface area contributed by atoms with Gasteiger partial charge >= 0.3 is 0 Å². The number of thiazole rings is 1. The molecule has 0 N–H and O–H groups in total. The molecule has 0 atom stereocenters. The number of furan rings is 1. The fraction of sp³-hybridized carbons (Fsp3) is 0.429. The number of piperidine rings is 1. The number of nitrogens with zero attached hydrogens (tertiary/aromatic N) is 3. The zero-order valence-corrected chi connectivity index (χ0v) is 16.7. The van der Waals surface area contributed by atoms with E-state index in [9.17, 15) is 4.79 Å². The first-order valence-electron chi connectivity index (χ1n) is 9.45. The van der Waals surface area contributed by atoms with Gasteiger partial charge in [0, 0.05) is 13.0 Å². The number of hydrogen-bond donors (Lipinski definition) is 0. The molecule has 4 rings (SSSR count). The molecule has 0 radical (unpaired) electrons. The van der Waals surface area contributed by atoms with Gasteiger partial charge in [-0.05, 0) is 57.1 Å². The molecule has 1 aliphatic heterocycles. The molecule has 1 fully saturated rings. The monoisotopic (exact) mass is 383 g/mol. The largest absolute Gasteiger partial charge is 0.464 e. The van der Waals surface area contributed by atoms with Crippen LogP contribution in [0.15, 0.2) is 40.8 Å². The van der Waals surface area contributed by atoms with Crippen molar-refractivity contribution in [1.29, 1.82) is 0 Å². The quantitative estimate of drug-likeness (QED) is 0.667. The Hall–Kier alpha value is -2.18. The zero-order valence-electron chi connectivity index (χ0n) is 15.9. The molecule has 0 spiro atoms. The summed E-state index contributed by atoms with van der Waals surface area (Å²) in [5.74, 6) is 2.36. The maximum atomic E-state index is 12.5. The molecule has 0 bridgehead atoms. The van der Waals surface area contributed by atoms with Crippen molar-refractivity contribution >= 4 is 27.5 Å². The lowest BCUT2D eigenvalue weighted by molar-refractivity contribution is -0.132. The summed E-state index contributed by atoms with van der Waals surface area (Å²) in [6.45, 7) is 4.80. The van der Waals surface area contributed by atoms with Crippen LogP contribution in [0.5, 0.6) is 0 Å². The first-order chi connectivity index (χ1) is 13.1. The third kappa shape index (κ3) is 4.22. The third-order valence-electron chi connectivity index (χ3n) is 5.22. The molecule has 3 heterocycles. The number of hydrogen-bond acceptors (Lipinski definition) is 5. The Morgan fingerprint density at radius 3 is 2.74 bits per heavy atom. The van der Waals surface area contributed by atoms with E-state index in [-0.39, 0.29) is 5.91 Å². The van der Waals surface area contributed by atoms with E-state index in [4.69, 9.17) is 9.40 Å². The van der Waals surface area contributed by atoms with Crippen LogP contribution >= 0.6 is 11.3 Å². The van der Waals surface area contributed by atoms with Gasteiger partial charge in [0.25, 0.3) is 0 Å². The summed E-state index contributed by atoms with van der Waals surface area (Å²) in [6, 6.07) is 12.2. The minimum atomic E-state index is 0.141. The van der Waals surface area contributed by atoms with E-state index in [0.29, 0.717) is 19.0 Å². The second kappa shape index (κ2) is 7.82. The van der Waals surface area contributed by atoms with Crippen molar-refractivity contribution in [3.8, 4) is 0 Å². The number of amides is 1. The van der Waals surface area contributed by atoms with Crippen molar-refractivity contribution in [3.63, 3.8) is 0 Å². The number of benzene rings is 1. The molecule has 1 aromatic carbocycles. The molecule has 6 heteroatoms. The first kappa shape index (κ1) is 18.2. The SMILES string of the molecule is Cc1ccc(CN(C)C(=O)CN2CCC(c3nc4ccccc4s3)CC2)o1. The summed E-state index contributed by atoms with van der Waals surface area (Å²) >= 11 is 1.81. The summed E-state index contributed by atoms with van der Waals surface area (Å²) in [5, 5.41) is 1.24. The molecule has 1 saturated heterocycles. The van der Waals surface area contributed by atoms with Gasteiger partial charge < -0.3 is 9.32 Å². The Balaban J connectivity index is 1.29. The number of carbonyl (C=O) groups excluding carboxylic acids is 1. The highest BCUT2D eigenvalue weighted by Gasteiger charge is 2.25. The Bertz CT molecular complexity index is 891. The van der Waals surface area contributed by atoms with Crippen molar-refractivity contribution in [2.75, 3.05) is 26.7 Å². The first-order valence-corrected chi connectivity index (χ1v) is 10.3. The van der Waals surface area contributed by atoms with Gasteiger partial charge in [0.05, 0.1) is 28.3 Å². The molecule has 0 aliphatic carbocycles. The molecule has 1 aliphatic rings. The zero-order chi connectivity index (χ0) is 18.8. The average molecular weight is 384 g/mol. The third-order valence-corrected chi connectivity index (χ3v) is 6.42. The van der Waals surface area contributed by atoms with Crippen LogP contribution in [0.25, 0.3) is 10.2 Å². The number of likely N-dealkylation sites (N-methyl/N-ethyl adjacent to an activating group) is 1. The number of aromatic nitrogens is 1. The van der Waals surface area contributed by atoms with Crippen LogP contribution < -0.4 is 0 Å². The van der Waals surface area contributed by atoms with Gasteiger partial charge in [-0.25, -0.2) is 4.98 Å². The lowest BCUT2D eigenvalue weighted by atomic mass is 9.97. The molecule has 2 aromatic heterocycles. The number of carbonyl (C=O) groups is 1. The van der Waals surface area contributed by atoms with Crippen LogP contribution in [0.3, 0.4) is 0 Å². The maximum absolute atomic E-state index is 12.5. The van der Waals surface area contributed by atoms with Crippen molar-refractivity contribution in [2.24, 2.45) is 0 Å². The summed E-state index contributed by atoms with van der Waals surface area (Å²) < 4.78 is 6.83.